The van der Waals surface area contributed by atoms with Crippen molar-refractivity contribution in [3.63, 3.8) is 0 Å². The first-order valence-electron chi connectivity index (χ1n) is 5.15. The normalized spacial score (nSPS) is 27.9. The highest BCUT2D eigenvalue weighted by molar-refractivity contribution is 5.83. The molecule has 0 saturated heterocycles. The predicted octanol–water partition coefficient (Wildman–Crippen LogP) is 1.80. The molecule has 0 aromatic heterocycles. The Morgan fingerprint density at radius 3 is 2.64 bits per heavy atom. The first-order chi connectivity index (χ1) is 6.56. The minimum Gasteiger partial charge on any atom is -0.469 e. The molecular weight excluding hydrogens is 180 g/mol. The molecule has 0 bridgehead atoms. The lowest BCUT2D eigenvalue weighted by molar-refractivity contribution is -0.150. The Balaban J connectivity index is 2.72. The van der Waals surface area contributed by atoms with Gasteiger partial charge in [-0.2, -0.15) is 0 Å². The molecule has 3 nitrogen and oxygen atoms in total. The van der Waals surface area contributed by atoms with Gasteiger partial charge in [-0.05, 0) is 18.3 Å². The van der Waals surface area contributed by atoms with Gasteiger partial charge in [-0.1, -0.05) is 13.8 Å². The molecule has 3 heteroatoms. The van der Waals surface area contributed by atoms with Gasteiger partial charge in [0.05, 0.1) is 13.0 Å². The fourth-order valence-corrected chi connectivity index (χ4v) is 2.18. The van der Waals surface area contributed by atoms with E-state index >= 15 is 0 Å². The summed E-state index contributed by atoms with van der Waals surface area (Å²) in [6, 6.07) is 0. The van der Waals surface area contributed by atoms with Crippen LogP contribution in [0.4, 0.5) is 0 Å². The molecule has 1 aliphatic carbocycles. The maximum atomic E-state index is 11.5. The minimum atomic E-state index is -0.156. The average Bonchev–Trinajstić information content (AvgIpc) is 2.16. The van der Waals surface area contributed by atoms with Crippen molar-refractivity contribution in [2.45, 2.75) is 33.1 Å². The lowest BCUT2D eigenvalue weighted by Crippen LogP contribution is -2.34. The number of carbonyl (C=O) groups is 2. The van der Waals surface area contributed by atoms with Crippen molar-refractivity contribution in [2.24, 2.45) is 17.8 Å². The SMILES string of the molecule is COC(=O)C1CCC(=O)CC1C(C)C. The van der Waals surface area contributed by atoms with E-state index in [1.165, 1.54) is 7.11 Å². The Kier molecular flexibility index (Phi) is 3.67. The van der Waals surface area contributed by atoms with E-state index < -0.39 is 0 Å². The minimum absolute atomic E-state index is 0.0716. The average molecular weight is 198 g/mol. The van der Waals surface area contributed by atoms with Crippen molar-refractivity contribution in [3.8, 4) is 0 Å². The lowest BCUT2D eigenvalue weighted by atomic mass is 9.73. The maximum Gasteiger partial charge on any atom is 0.308 e. The van der Waals surface area contributed by atoms with Crippen LogP contribution in [0.2, 0.25) is 0 Å². The van der Waals surface area contributed by atoms with Crippen molar-refractivity contribution < 1.29 is 14.3 Å². The Bertz CT molecular complexity index is 233. The summed E-state index contributed by atoms with van der Waals surface area (Å²) < 4.78 is 4.76. The van der Waals surface area contributed by atoms with E-state index in [1.54, 1.807) is 0 Å². The standard InChI is InChI=1S/C11H18O3/c1-7(2)10-6-8(12)4-5-9(10)11(13)14-3/h7,9-10H,4-6H2,1-3H3. The highest BCUT2D eigenvalue weighted by Gasteiger charge is 2.36. The van der Waals surface area contributed by atoms with Gasteiger partial charge in [0.25, 0.3) is 0 Å². The molecule has 2 atom stereocenters. The molecule has 0 aromatic carbocycles. The molecule has 1 saturated carbocycles. The maximum absolute atomic E-state index is 11.5. The molecule has 80 valence electrons. The molecule has 2 unspecified atom stereocenters. The summed E-state index contributed by atoms with van der Waals surface area (Å²) >= 11 is 0. The van der Waals surface area contributed by atoms with Crippen LogP contribution in [0.5, 0.6) is 0 Å². The van der Waals surface area contributed by atoms with Gasteiger partial charge in [-0.15, -0.1) is 0 Å². The van der Waals surface area contributed by atoms with E-state index in [1.807, 2.05) is 0 Å². The number of esters is 1. The molecule has 1 aliphatic rings. The second kappa shape index (κ2) is 4.58. The van der Waals surface area contributed by atoms with E-state index in [-0.39, 0.29) is 23.6 Å². The summed E-state index contributed by atoms with van der Waals surface area (Å²) in [7, 11) is 1.41. The lowest BCUT2D eigenvalue weighted by Gasteiger charge is -2.31. The van der Waals surface area contributed by atoms with Crippen molar-refractivity contribution in [3.05, 3.63) is 0 Å². The Labute approximate surface area is 84.8 Å². The second-order valence-corrected chi connectivity index (χ2v) is 4.32. The Morgan fingerprint density at radius 1 is 1.50 bits per heavy atom. The molecule has 14 heavy (non-hydrogen) atoms. The van der Waals surface area contributed by atoms with Gasteiger partial charge in [-0.3, -0.25) is 9.59 Å². The monoisotopic (exact) mass is 198 g/mol. The van der Waals surface area contributed by atoms with Crippen LogP contribution in [0, 0.1) is 17.8 Å². The number of methoxy groups -OCH3 is 1. The quantitative estimate of drug-likeness (QED) is 0.635. The smallest absolute Gasteiger partial charge is 0.308 e. The summed E-state index contributed by atoms with van der Waals surface area (Å²) in [4.78, 5) is 22.7. The third-order valence-corrected chi connectivity index (χ3v) is 3.07. The summed E-state index contributed by atoms with van der Waals surface area (Å²) in [5, 5.41) is 0. The van der Waals surface area contributed by atoms with Gasteiger partial charge >= 0.3 is 5.97 Å². The molecule has 1 rings (SSSR count). The summed E-state index contributed by atoms with van der Waals surface area (Å²) in [6.45, 7) is 4.11. The molecular formula is C11H18O3. The third kappa shape index (κ3) is 2.34. The van der Waals surface area contributed by atoms with Gasteiger partial charge in [0.1, 0.15) is 5.78 Å². The molecule has 0 N–H and O–H groups in total. The van der Waals surface area contributed by atoms with Crippen LogP contribution in [0.25, 0.3) is 0 Å². The second-order valence-electron chi connectivity index (χ2n) is 4.32. The molecule has 0 spiro atoms. The van der Waals surface area contributed by atoms with Crippen LogP contribution in [0.1, 0.15) is 33.1 Å². The van der Waals surface area contributed by atoms with E-state index in [9.17, 15) is 9.59 Å². The van der Waals surface area contributed by atoms with E-state index in [4.69, 9.17) is 4.74 Å². The first kappa shape index (κ1) is 11.2. The van der Waals surface area contributed by atoms with E-state index in [2.05, 4.69) is 13.8 Å². The van der Waals surface area contributed by atoms with Gasteiger partial charge in [0.15, 0.2) is 0 Å². The zero-order valence-corrected chi connectivity index (χ0v) is 9.08. The predicted molar refractivity (Wildman–Crippen MR) is 52.7 cm³/mol. The van der Waals surface area contributed by atoms with Gasteiger partial charge < -0.3 is 4.74 Å². The van der Waals surface area contributed by atoms with Crippen molar-refractivity contribution >= 4 is 11.8 Å². The molecule has 1 fully saturated rings. The number of ketones is 1. The van der Waals surface area contributed by atoms with Crippen molar-refractivity contribution in [1.82, 2.24) is 0 Å². The van der Waals surface area contributed by atoms with Gasteiger partial charge in [-0.25, -0.2) is 0 Å². The molecule has 0 heterocycles. The summed E-state index contributed by atoms with van der Waals surface area (Å²) in [5.41, 5.74) is 0. The zero-order chi connectivity index (χ0) is 10.7. The number of rotatable bonds is 2. The van der Waals surface area contributed by atoms with Crippen LogP contribution in [0.15, 0.2) is 0 Å². The van der Waals surface area contributed by atoms with Crippen LogP contribution in [0.3, 0.4) is 0 Å². The van der Waals surface area contributed by atoms with Gasteiger partial charge in [0.2, 0.25) is 0 Å². The number of hydrogen-bond donors (Lipinski definition) is 0. The first-order valence-corrected chi connectivity index (χ1v) is 5.15. The number of Topliss-reactive ketones (excluding diaryl/α,β-unsaturated/α-hetero) is 1. The van der Waals surface area contributed by atoms with Crippen LogP contribution >= 0.6 is 0 Å². The van der Waals surface area contributed by atoms with Crippen molar-refractivity contribution in [1.29, 1.82) is 0 Å². The van der Waals surface area contributed by atoms with E-state index in [0.717, 1.165) is 0 Å². The van der Waals surface area contributed by atoms with Gasteiger partial charge in [0, 0.05) is 12.8 Å². The fraction of sp³-hybridized carbons (Fsp3) is 0.818. The molecule has 0 amide bonds. The highest BCUT2D eigenvalue weighted by atomic mass is 16.5. The Hall–Kier alpha value is -0.860. The van der Waals surface area contributed by atoms with E-state index in [0.29, 0.717) is 25.2 Å². The van der Waals surface area contributed by atoms with Crippen molar-refractivity contribution in [2.75, 3.05) is 7.11 Å². The van der Waals surface area contributed by atoms with Crippen LogP contribution in [-0.2, 0) is 14.3 Å². The highest BCUT2D eigenvalue weighted by Crippen LogP contribution is 2.34. The molecule has 0 radical (unpaired) electrons. The molecule has 0 aromatic rings. The van der Waals surface area contributed by atoms with Crippen LogP contribution in [-0.4, -0.2) is 18.9 Å². The number of ether oxygens (including phenoxy) is 1. The fourth-order valence-electron chi connectivity index (χ4n) is 2.18. The zero-order valence-electron chi connectivity index (χ0n) is 9.08. The summed E-state index contributed by atoms with van der Waals surface area (Å²) in [5.74, 6) is 0.588. The van der Waals surface area contributed by atoms with Crippen LogP contribution < -0.4 is 0 Å². The number of hydrogen-bond acceptors (Lipinski definition) is 3. The summed E-state index contributed by atoms with van der Waals surface area (Å²) in [6.07, 6.45) is 1.73. The molecule has 0 aliphatic heterocycles. The number of carbonyl (C=O) groups excluding carboxylic acids is 2. The third-order valence-electron chi connectivity index (χ3n) is 3.07. The topological polar surface area (TPSA) is 43.4 Å². The largest absolute Gasteiger partial charge is 0.469 e. The Morgan fingerprint density at radius 2 is 2.14 bits per heavy atom.